The lowest BCUT2D eigenvalue weighted by Crippen LogP contribution is -2.19. The highest BCUT2D eigenvalue weighted by Gasteiger charge is 2.24. The average molecular weight is 692 g/mol. The maximum atomic E-state index is 12.5. The second-order valence-electron chi connectivity index (χ2n) is 6.78. The number of carbonyl (C=O) groups excluding carboxylic acids is 1. The highest BCUT2D eigenvalue weighted by Crippen LogP contribution is 2.38. The van der Waals surface area contributed by atoms with E-state index in [0.29, 0.717) is 38.2 Å². The number of ether oxygens (including phenoxy) is 1. The molecule has 1 aliphatic rings. The molecule has 0 aromatic heterocycles. The van der Waals surface area contributed by atoms with Crippen LogP contribution in [0, 0.1) is 0 Å². The van der Waals surface area contributed by atoms with Crippen molar-refractivity contribution in [2.45, 2.75) is 6.61 Å². The molecule has 1 fully saturated rings. The molecule has 1 heterocycles. The lowest BCUT2D eigenvalue weighted by Gasteiger charge is -2.12. The minimum atomic E-state index is -0.236. The Balaban J connectivity index is 1.51. The van der Waals surface area contributed by atoms with Gasteiger partial charge in [0, 0.05) is 4.47 Å². The fraction of sp³-hybridized carbons (Fsp3) is 0.0435. The van der Waals surface area contributed by atoms with Crippen molar-refractivity contribution in [3.05, 3.63) is 94.1 Å². The van der Waals surface area contributed by atoms with Gasteiger partial charge in [0.15, 0.2) is 5.17 Å². The molecule has 4 rings (SSSR count). The Hall–Kier alpha value is -1.29. The van der Waals surface area contributed by atoms with Crippen LogP contribution in [0.5, 0.6) is 5.75 Å². The predicted octanol–water partition coefficient (Wildman–Crippen LogP) is 8.75. The number of hydrogen-bond acceptors (Lipinski definition) is 4. The summed E-state index contributed by atoms with van der Waals surface area (Å²) in [7, 11) is 0. The van der Waals surface area contributed by atoms with Crippen molar-refractivity contribution < 1.29 is 9.53 Å². The van der Waals surface area contributed by atoms with E-state index in [4.69, 9.17) is 27.9 Å². The van der Waals surface area contributed by atoms with Crippen LogP contribution in [-0.2, 0) is 11.4 Å². The Morgan fingerprint density at radius 1 is 1.03 bits per heavy atom. The molecule has 1 aliphatic heterocycles. The van der Waals surface area contributed by atoms with Gasteiger partial charge in [-0.05, 0) is 97.2 Å². The maximum Gasteiger partial charge on any atom is 0.264 e. The van der Waals surface area contributed by atoms with Crippen molar-refractivity contribution in [1.29, 1.82) is 0 Å². The third kappa shape index (κ3) is 6.24. The molecule has 0 atom stereocenters. The van der Waals surface area contributed by atoms with Gasteiger partial charge in [-0.25, -0.2) is 4.99 Å². The minimum absolute atomic E-state index is 0.236. The van der Waals surface area contributed by atoms with Gasteiger partial charge in [0.25, 0.3) is 5.91 Å². The number of nitrogens with zero attached hydrogens (tertiary/aromatic N) is 1. The first-order valence-corrected chi connectivity index (χ1v) is 13.3. The molecule has 3 aromatic rings. The zero-order chi connectivity index (χ0) is 23.5. The zero-order valence-electron chi connectivity index (χ0n) is 16.5. The molecule has 0 spiro atoms. The summed E-state index contributed by atoms with van der Waals surface area (Å²) in [5.41, 5.74) is 2.37. The normalized spacial score (nSPS) is 15.8. The average Bonchev–Trinajstić information content (AvgIpc) is 3.10. The van der Waals surface area contributed by atoms with E-state index in [0.717, 1.165) is 24.5 Å². The van der Waals surface area contributed by atoms with Gasteiger partial charge in [0.1, 0.15) is 12.4 Å². The Kier molecular flexibility index (Phi) is 8.25. The molecule has 0 aliphatic carbocycles. The summed E-state index contributed by atoms with van der Waals surface area (Å²) >= 11 is 24.0. The van der Waals surface area contributed by atoms with Crippen LogP contribution in [0.3, 0.4) is 0 Å². The van der Waals surface area contributed by atoms with Crippen LogP contribution in [0.15, 0.2) is 77.9 Å². The molecule has 1 saturated heterocycles. The van der Waals surface area contributed by atoms with E-state index >= 15 is 0 Å². The largest absolute Gasteiger partial charge is 0.487 e. The zero-order valence-corrected chi connectivity index (χ0v) is 23.6. The smallest absolute Gasteiger partial charge is 0.264 e. The molecule has 33 heavy (non-hydrogen) atoms. The fourth-order valence-electron chi connectivity index (χ4n) is 2.86. The van der Waals surface area contributed by atoms with Crippen LogP contribution in [0.4, 0.5) is 5.69 Å². The van der Waals surface area contributed by atoms with Crippen molar-refractivity contribution >= 4 is 106 Å². The number of thioether (sulfide) groups is 1. The minimum Gasteiger partial charge on any atom is -0.487 e. The van der Waals surface area contributed by atoms with Crippen LogP contribution >= 0.6 is 82.8 Å². The third-order valence-corrected chi connectivity index (χ3v) is 7.84. The van der Waals surface area contributed by atoms with Crippen LogP contribution in [0.2, 0.25) is 10.0 Å². The van der Waals surface area contributed by atoms with Crippen molar-refractivity contribution in [1.82, 2.24) is 5.32 Å². The number of amides is 1. The maximum absolute atomic E-state index is 12.5. The molecule has 1 N–H and O–H groups in total. The van der Waals surface area contributed by atoms with Gasteiger partial charge in [0.2, 0.25) is 0 Å². The van der Waals surface area contributed by atoms with Gasteiger partial charge in [-0.2, -0.15) is 0 Å². The molecular formula is C23H13Br3Cl2N2O2S. The van der Waals surface area contributed by atoms with Gasteiger partial charge in [0.05, 0.1) is 29.6 Å². The highest BCUT2D eigenvalue weighted by atomic mass is 79.9. The van der Waals surface area contributed by atoms with E-state index in [1.165, 1.54) is 11.8 Å². The van der Waals surface area contributed by atoms with Gasteiger partial charge in [-0.1, -0.05) is 57.3 Å². The number of halogens is 5. The number of amidine groups is 1. The standard InChI is InChI=1S/C23H13Br3Cl2N2O2S/c24-14-6-4-12(5-7-14)11-32-21-15(25)8-13(9-16(21)26)10-19-22(31)30-23(33-19)29-18-3-1-2-17(27)20(18)28/h1-10H,11H2,(H,29,30,31)/b19-10-. The quantitative estimate of drug-likeness (QED) is 0.272. The summed E-state index contributed by atoms with van der Waals surface area (Å²) in [5.74, 6) is 0.446. The molecule has 168 valence electrons. The number of hydrogen-bond donors (Lipinski definition) is 1. The Morgan fingerprint density at radius 3 is 2.42 bits per heavy atom. The van der Waals surface area contributed by atoms with Crippen LogP contribution in [0.25, 0.3) is 6.08 Å². The number of aliphatic imine (C=N–C) groups is 1. The molecule has 10 heteroatoms. The van der Waals surface area contributed by atoms with E-state index in [-0.39, 0.29) is 5.91 Å². The highest BCUT2D eigenvalue weighted by molar-refractivity contribution is 9.11. The van der Waals surface area contributed by atoms with Crippen LogP contribution in [0.1, 0.15) is 11.1 Å². The topological polar surface area (TPSA) is 50.7 Å². The monoisotopic (exact) mass is 688 g/mol. The summed E-state index contributed by atoms with van der Waals surface area (Å²) in [4.78, 5) is 17.4. The molecule has 0 bridgehead atoms. The van der Waals surface area contributed by atoms with E-state index in [9.17, 15) is 4.79 Å². The first kappa shape index (κ1) is 24.8. The lowest BCUT2D eigenvalue weighted by molar-refractivity contribution is -0.115. The summed E-state index contributed by atoms with van der Waals surface area (Å²) in [6.07, 6.45) is 1.79. The fourth-order valence-corrected chi connectivity index (χ4v) is 5.74. The van der Waals surface area contributed by atoms with Gasteiger partial charge >= 0.3 is 0 Å². The number of rotatable bonds is 5. The van der Waals surface area contributed by atoms with Crippen molar-refractivity contribution in [3.8, 4) is 5.75 Å². The van der Waals surface area contributed by atoms with Gasteiger partial charge < -0.3 is 10.1 Å². The van der Waals surface area contributed by atoms with Gasteiger partial charge in [-0.15, -0.1) is 0 Å². The molecule has 1 amide bonds. The Labute approximate surface area is 230 Å². The Bertz CT molecular complexity index is 1270. The molecule has 0 saturated carbocycles. The van der Waals surface area contributed by atoms with Crippen molar-refractivity contribution in [2.75, 3.05) is 0 Å². The van der Waals surface area contributed by atoms with E-state index in [2.05, 4.69) is 58.1 Å². The third-order valence-electron chi connectivity index (χ3n) is 4.42. The number of carbonyl (C=O) groups is 1. The van der Waals surface area contributed by atoms with E-state index in [1.54, 1.807) is 24.3 Å². The molecule has 4 nitrogen and oxygen atoms in total. The molecular weight excluding hydrogens is 679 g/mol. The molecule has 0 unspecified atom stereocenters. The molecule has 0 radical (unpaired) electrons. The summed E-state index contributed by atoms with van der Waals surface area (Å²) in [6.45, 7) is 0.426. The second-order valence-corrected chi connectivity index (χ2v) is 11.2. The van der Waals surface area contributed by atoms with Crippen molar-refractivity contribution in [2.24, 2.45) is 4.99 Å². The van der Waals surface area contributed by atoms with Crippen LogP contribution in [-0.4, -0.2) is 11.1 Å². The summed E-state index contributed by atoms with van der Waals surface area (Å²) in [5, 5.41) is 3.93. The first-order chi connectivity index (χ1) is 15.8. The first-order valence-electron chi connectivity index (χ1n) is 9.40. The van der Waals surface area contributed by atoms with E-state index in [1.807, 2.05) is 36.4 Å². The van der Waals surface area contributed by atoms with Crippen LogP contribution < -0.4 is 10.1 Å². The SMILES string of the molecule is O=C1NC(=Nc2cccc(Cl)c2Cl)S/C1=C\c1cc(Br)c(OCc2ccc(Br)cc2)c(Br)c1. The second kappa shape index (κ2) is 11.0. The molecule has 3 aromatic carbocycles. The van der Waals surface area contributed by atoms with Gasteiger partial charge in [-0.3, -0.25) is 4.79 Å². The summed E-state index contributed by atoms with van der Waals surface area (Å²) in [6, 6.07) is 16.9. The van der Waals surface area contributed by atoms with Crippen molar-refractivity contribution in [3.63, 3.8) is 0 Å². The number of nitrogens with one attached hydrogen (secondary N) is 1. The lowest BCUT2D eigenvalue weighted by atomic mass is 10.2. The Morgan fingerprint density at radius 2 is 1.73 bits per heavy atom. The summed E-state index contributed by atoms with van der Waals surface area (Å²) < 4.78 is 8.54. The number of benzene rings is 3. The van der Waals surface area contributed by atoms with E-state index < -0.39 is 0 Å². The predicted molar refractivity (Wildman–Crippen MR) is 148 cm³/mol.